The van der Waals surface area contributed by atoms with E-state index in [0.717, 1.165) is 41.3 Å². The van der Waals surface area contributed by atoms with Gasteiger partial charge in [-0.1, -0.05) is 88.4 Å². The van der Waals surface area contributed by atoms with E-state index in [2.05, 4.69) is 21.2 Å². The Labute approximate surface area is 236 Å². The Morgan fingerprint density at radius 1 is 0.946 bits per heavy atom. The molecule has 5 nitrogen and oxygen atoms in total. The lowest BCUT2D eigenvalue weighted by Gasteiger charge is -2.32. The number of nitrogens with zero attached hydrogens (tertiary/aromatic N) is 1. The number of rotatable bonds is 10. The van der Waals surface area contributed by atoms with E-state index in [0.29, 0.717) is 22.2 Å². The molecule has 0 radical (unpaired) electrons. The lowest BCUT2D eigenvalue weighted by atomic mass is 10.0. The van der Waals surface area contributed by atoms with Crippen molar-refractivity contribution in [3.63, 3.8) is 0 Å². The molecule has 1 unspecified atom stereocenters. The Balaban J connectivity index is 1.62. The number of benzene rings is 3. The van der Waals surface area contributed by atoms with Crippen LogP contribution < -0.4 is 10.1 Å². The van der Waals surface area contributed by atoms with Crippen molar-refractivity contribution >= 4 is 50.9 Å². The van der Waals surface area contributed by atoms with Crippen LogP contribution in [-0.4, -0.2) is 35.4 Å². The molecular formula is C29H29BrCl2N2O3. The summed E-state index contributed by atoms with van der Waals surface area (Å²) in [7, 11) is 0. The van der Waals surface area contributed by atoms with E-state index in [1.54, 1.807) is 29.2 Å². The van der Waals surface area contributed by atoms with Gasteiger partial charge in [0, 0.05) is 23.5 Å². The van der Waals surface area contributed by atoms with Crippen molar-refractivity contribution in [2.24, 2.45) is 0 Å². The first-order valence-corrected chi connectivity index (χ1v) is 13.9. The third kappa shape index (κ3) is 7.97. The van der Waals surface area contributed by atoms with Crippen molar-refractivity contribution in [1.29, 1.82) is 0 Å². The van der Waals surface area contributed by atoms with Gasteiger partial charge in [-0.2, -0.15) is 0 Å². The SMILES string of the molecule is O=C(NC1CCCC1)C(Cc1ccccc1)N(Cc1ccc(Cl)c(Cl)c1)C(=O)COc1ccc(Br)cc1. The number of ether oxygens (including phenoxy) is 1. The van der Waals surface area contributed by atoms with Gasteiger partial charge in [-0.25, -0.2) is 0 Å². The second kappa shape index (κ2) is 13.3. The summed E-state index contributed by atoms with van der Waals surface area (Å²) in [6, 6.07) is 21.7. The first kappa shape index (κ1) is 27.5. The molecule has 1 aliphatic rings. The van der Waals surface area contributed by atoms with Crippen LogP contribution in [0.3, 0.4) is 0 Å². The van der Waals surface area contributed by atoms with Gasteiger partial charge in [-0.3, -0.25) is 9.59 Å². The van der Waals surface area contributed by atoms with Crippen LogP contribution >= 0.6 is 39.1 Å². The fraction of sp³-hybridized carbons (Fsp3) is 0.310. The Bertz CT molecular complexity index is 1200. The van der Waals surface area contributed by atoms with Crippen LogP contribution in [0.15, 0.2) is 77.3 Å². The van der Waals surface area contributed by atoms with Gasteiger partial charge in [-0.05, 0) is 60.4 Å². The molecule has 0 spiro atoms. The summed E-state index contributed by atoms with van der Waals surface area (Å²) < 4.78 is 6.72. The number of carbonyl (C=O) groups excluding carboxylic acids is 2. The highest BCUT2D eigenvalue weighted by Crippen LogP contribution is 2.25. The van der Waals surface area contributed by atoms with Crippen LogP contribution in [0.25, 0.3) is 0 Å². The number of carbonyl (C=O) groups is 2. The van der Waals surface area contributed by atoms with Gasteiger partial charge >= 0.3 is 0 Å². The summed E-state index contributed by atoms with van der Waals surface area (Å²) in [5, 5.41) is 4.02. The van der Waals surface area contributed by atoms with E-state index in [1.165, 1.54) is 0 Å². The minimum atomic E-state index is -0.724. The summed E-state index contributed by atoms with van der Waals surface area (Å²) in [5.74, 6) is 0.116. The first-order chi connectivity index (χ1) is 17.9. The van der Waals surface area contributed by atoms with Gasteiger partial charge in [0.25, 0.3) is 5.91 Å². The van der Waals surface area contributed by atoms with E-state index in [4.69, 9.17) is 27.9 Å². The molecule has 1 aliphatic carbocycles. The fourth-order valence-corrected chi connectivity index (χ4v) is 5.10. The van der Waals surface area contributed by atoms with Crippen molar-refractivity contribution in [1.82, 2.24) is 10.2 Å². The summed E-state index contributed by atoms with van der Waals surface area (Å²) in [6.07, 6.45) is 4.49. The number of halogens is 3. The quantitative estimate of drug-likeness (QED) is 0.276. The minimum Gasteiger partial charge on any atom is -0.484 e. The molecule has 1 atom stereocenters. The third-order valence-corrected chi connectivity index (χ3v) is 7.75. The summed E-state index contributed by atoms with van der Waals surface area (Å²) in [4.78, 5) is 28.9. The lowest BCUT2D eigenvalue weighted by Crippen LogP contribution is -2.53. The van der Waals surface area contributed by atoms with Crippen molar-refractivity contribution < 1.29 is 14.3 Å². The molecule has 0 aromatic heterocycles. The maximum Gasteiger partial charge on any atom is 0.261 e. The predicted molar refractivity (Wildman–Crippen MR) is 151 cm³/mol. The Morgan fingerprint density at radius 3 is 2.32 bits per heavy atom. The molecule has 3 aromatic rings. The van der Waals surface area contributed by atoms with E-state index in [-0.39, 0.29) is 31.0 Å². The van der Waals surface area contributed by atoms with Crippen LogP contribution in [0.2, 0.25) is 10.0 Å². The molecule has 1 N–H and O–H groups in total. The minimum absolute atomic E-state index is 0.131. The molecule has 0 heterocycles. The molecule has 8 heteroatoms. The van der Waals surface area contributed by atoms with E-state index in [1.807, 2.05) is 48.5 Å². The number of hydrogen-bond acceptors (Lipinski definition) is 3. The zero-order chi connectivity index (χ0) is 26.2. The van der Waals surface area contributed by atoms with E-state index < -0.39 is 6.04 Å². The highest BCUT2D eigenvalue weighted by molar-refractivity contribution is 9.10. The fourth-order valence-electron chi connectivity index (χ4n) is 4.51. The van der Waals surface area contributed by atoms with Crippen molar-refractivity contribution in [2.75, 3.05) is 6.61 Å². The molecular weight excluding hydrogens is 575 g/mol. The Kier molecular flexibility index (Phi) is 9.89. The summed E-state index contributed by atoms with van der Waals surface area (Å²) in [6.45, 7) is -0.0139. The molecule has 194 valence electrons. The molecule has 1 fully saturated rings. The third-order valence-electron chi connectivity index (χ3n) is 6.49. The number of nitrogens with one attached hydrogen (secondary N) is 1. The van der Waals surface area contributed by atoms with Gasteiger partial charge in [0.05, 0.1) is 10.0 Å². The Hall–Kier alpha value is -2.54. The van der Waals surface area contributed by atoms with Crippen molar-refractivity contribution in [3.05, 3.63) is 98.4 Å². The van der Waals surface area contributed by atoms with Gasteiger partial charge in [-0.15, -0.1) is 0 Å². The van der Waals surface area contributed by atoms with Crippen LogP contribution in [0, 0.1) is 0 Å². The zero-order valence-electron chi connectivity index (χ0n) is 20.3. The molecule has 4 rings (SSSR count). The average molecular weight is 604 g/mol. The number of hydrogen-bond donors (Lipinski definition) is 1. The van der Waals surface area contributed by atoms with E-state index >= 15 is 0 Å². The van der Waals surface area contributed by atoms with Gasteiger partial charge in [0.2, 0.25) is 5.91 Å². The second-order valence-corrected chi connectivity index (χ2v) is 10.9. The molecule has 3 aromatic carbocycles. The highest BCUT2D eigenvalue weighted by Gasteiger charge is 2.32. The average Bonchev–Trinajstić information content (AvgIpc) is 3.41. The van der Waals surface area contributed by atoms with Gasteiger partial charge in [0.1, 0.15) is 11.8 Å². The molecule has 0 aliphatic heterocycles. The van der Waals surface area contributed by atoms with Crippen LogP contribution in [-0.2, 0) is 22.6 Å². The Morgan fingerprint density at radius 2 is 1.65 bits per heavy atom. The molecule has 1 saturated carbocycles. The largest absolute Gasteiger partial charge is 0.484 e. The highest BCUT2D eigenvalue weighted by atomic mass is 79.9. The first-order valence-electron chi connectivity index (χ1n) is 12.3. The monoisotopic (exact) mass is 602 g/mol. The second-order valence-electron chi connectivity index (χ2n) is 9.21. The van der Waals surface area contributed by atoms with Crippen LogP contribution in [0.4, 0.5) is 0 Å². The van der Waals surface area contributed by atoms with Crippen molar-refractivity contribution in [2.45, 2.75) is 50.7 Å². The molecule has 0 bridgehead atoms. The zero-order valence-corrected chi connectivity index (χ0v) is 23.4. The summed E-state index contributed by atoms with van der Waals surface area (Å²) in [5.41, 5.74) is 1.74. The maximum atomic E-state index is 13.7. The van der Waals surface area contributed by atoms with Crippen LogP contribution in [0.1, 0.15) is 36.8 Å². The number of amides is 2. The summed E-state index contributed by atoms with van der Waals surface area (Å²) >= 11 is 15.8. The predicted octanol–water partition coefficient (Wildman–Crippen LogP) is 6.83. The normalized spacial score (nSPS) is 14.2. The maximum absolute atomic E-state index is 13.7. The van der Waals surface area contributed by atoms with Crippen LogP contribution in [0.5, 0.6) is 5.75 Å². The lowest BCUT2D eigenvalue weighted by molar-refractivity contribution is -0.143. The smallest absolute Gasteiger partial charge is 0.261 e. The van der Waals surface area contributed by atoms with Gasteiger partial charge < -0.3 is 15.0 Å². The van der Waals surface area contributed by atoms with E-state index in [9.17, 15) is 9.59 Å². The standard InChI is InChI=1S/C29H29BrCl2N2O3/c30-22-11-13-24(14-12-22)37-19-28(35)34(18-21-10-15-25(31)26(32)16-21)27(17-20-6-2-1-3-7-20)29(36)33-23-8-4-5-9-23/h1-3,6-7,10-16,23,27H,4-5,8-9,17-19H2,(H,33,36). The molecule has 37 heavy (non-hydrogen) atoms. The molecule has 0 saturated heterocycles. The topological polar surface area (TPSA) is 58.6 Å². The van der Waals surface area contributed by atoms with Gasteiger partial charge in [0.15, 0.2) is 6.61 Å². The van der Waals surface area contributed by atoms with Crippen molar-refractivity contribution in [3.8, 4) is 5.75 Å². The molecule has 2 amide bonds.